The van der Waals surface area contributed by atoms with E-state index in [9.17, 15) is 0 Å². The van der Waals surface area contributed by atoms with Crippen molar-refractivity contribution >= 4 is 39.1 Å². The molecule has 0 spiro atoms. The Balaban J connectivity index is 1.65. The first-order chi connectivity index (χ1) is 15.8. The first kappa shape index (κ1) is 18.9. The van der Waals surface area contributed by atoms with Gasteiger partial charge in [0.25, 0.3) is 0 Å². The fraction of sp³-hybridized carbons (Fsp3) is 0.0357. The van der Waals surface area contributed by atoms with E-state index >= 15 is 0 Å². The molecule has 4 aromatic carbocycles. The fourth-order valence-electron chi connectivity index (χ4n) is 4.51. The second-order valence-corrected chi connectivity index (χ2v) is 8.26. The Hall–Kier alpha value is -3.82. The number of halogens is 1. The van der Waals surface area contributed by atoms with Crippen molar-refractivity contribution in [1.82, 2.24) is 9.88 Å². The lowest BCUT2D eigenvalue weighted by Gasteiger charge is -2.22. The van der Waals surface area contributed by atoms with Crippen LogP contribution in [0.3, 0.4) is 0 Å². The number of hydrogen-bond acceptors (Lipinski definition) is 2. The molecule has 1 aromatic heterocycles. The molecule has 6 rings (SSSR count). The molecule has 3 nitrogen and oxygen atoms in total. The summed E-state index contributed by atoms with van der Waals surface area (Å²) >= 11 is 6.55. The van der Waals surface area contributed by atoms with Crippen LogP contribution in [0.15, 0.2) is 119 Å². The summed E-state index contributed by atoms with van der Waals surface area (Å²) in [6, 6.07) is 35.6. The molecule has 154 valence electrons. The summed E-state index contributed by atoms with van der Waals surface area (Å²) < 4.78 is 2.32. The minimum atomic E-state index is -0.228. The van der Waals surface area contributed by atoms with Crippen LogP contribution in [0.1, 0.15) is 17.3 Å². The van der Waals surface area contributed by atoms with E-state index in [0.29, 0.717) is 5.16 Å². The third-order valence-electron chi connectivity index (χ3n) is 5.91. The van der Waals surface area contributed by atoms with Crippen LogP contribution in [0.2, 0.25) is 0 Å². The monoisotopic (exact) mass is 433 g/mol. The maximum atomic E-state index is 6.55. The molecule has 1 atom stereocenters. The minimum Gasteiger partial charge on any atom is -0.351 e. The molecule has 0 saturated carbocycles. The molecule has 4 heteroatoms. The third-order valence-corrected chi connectivity index (χ3v) is 6.12. The lowest BCUT2D eigenvalue weighted by atomic mass is 10.0. The molecule has 1 aliphatic heterocycles. The van der Waals surface area contributed by atoms with Crippen LogP contribution in [0.5, 0.6) is 0 Å². The predicted molar refractivity (Wildman–Crippen MR) is 134 cm³/mol. The molecule has 0 bridgehead atoms. The van der Waals surface area contributed by atoms with Gasteiger partial charge in [0, 0.05) is 22.0 Å². The molecule has 0 fully saturated rings. The summed E-state index contributed by atoms with van der Waals surface area (Å²) in [5.41, 5.74) is 6.43. The summed E-state index contributed by atoms with van der Waals surface area (Å²) in [5, 5.41) is 6.29. The second-order valence-electron chi connectivity index (χ2n) is 7.85. The summed E-state index contributed by atoms with van der Waals surface area (Å²) in [6.07, 6.45) is 1.69. The number of allylic oxidation sites excluding steroid dienone is 1. The number of aliphatic imine (C=N–C) groups is 1. The Morgan fingerprint density at radius 1 is 0.719 bits per heavy atom. The Bertz CT molecular complexity index is 1500. The highest BCUT2D eigenvalue weighted by Gasteiger charge is 2.21. The normalized spacial score (nSPS) is 16.0. The average molecular weight is 434 g/mol. The van der Waals surface area contributed by atoms with Crippen molar-refractivity contribution in [2.75, 3.05) is 0 Å². The highest BCUT2D eigenvalue weighted by Crippen LogP contribution is 2.35. The van der Waals surface area contributed by atoms with Crippen molar-refractivity contribution in [1.29, 1.82) is 0 Å². The number of fused-ring (bicyclic) bond motifs is 3. The largest absolute Gasteiger partial charge is 0.351 e. The van der Waals surface area contributed by atoms with Crippen LogP contribution < -0.4 is 5.32 Å². The van der Waals surface area contributed by atoms with E-state index in [1.165, 1.54) is 16.3 Å². The minimum absolute atomic E-state index is 0.228. The topological polar surface area (TPSA) is 29.3 Å². The quantitative estimate of drug-likeness (QED) is 0.306. The highest BCUT2D eigenvalue weighted by atomic mass is 35.5. The van der Waals surface area contributed by atoms with E-state index in [-0.39, 0.29) is 6.17 Å². The summed E-state index contributed by atoms with van der Waals surface area (Å²) in [6.45, 7) is 0. The number of hydrogen-bond donors (Lipinski definition) is 1. The highest BCUT2D eigenvalue weighted by molar-refractivity contribution is 6.33. The molecule has 2 heterocycles. The van der Waals surface area contributed by atoms with Crippen molar-refractivity contribution in [2.24, 2.45) is 4.99 Å². The van der Waals surface area contributed by atoms with E-state index in [4.69, 9.17) is 16.6 Å². The molecule has 0 radical (unpaired) electrons. The molecule has 5 aromatic rings. The van der Waals surface area contributed by atoms with E-state index in [0.717, 1.165) is 28.0 Å². The van der Waals surface area contributed by atoms with E-state index < -0.39 is 0 Å². The second kappa shape index (κ2) is 7.70. The average Bonchev–Trinajstić information content (AvgIpc) is 3.19. The van der Waals surface area contributed by atoms with Crippen molar-refractivity contribution < 1.29 is 0 Å². The molecule has 0 amide bonds. The molecule has 32 heavy (non-hydrogen) atoms. The van der Waals surface area contributed by atoms with Crippen molar-refractivity contribution in [2.45, 2.75) is 6.17 Å². The summed E-state index contributed by atoms with van der Waals surface area (Å²) in [7, 11) is 0. The number of para-hydroxylation sites is 3. The zero-order valence-electron chi connectivity index (χ0n) is 17.2. The Labute approximate surface area is 191 Å². The van der Waals surface area contributed by atoms with Gasteiger partial charge < -0.3 is 9.88 Å². The SMILES string of the molecule is ClC1=CC(c2cccc3c4ccccc4n(-c4ccccc4)c23)=NC(c2ccccc2)N1. The molecule has 0 aliphatic carbocycles. The van der Waals surface area contributed by atoms with Crippen LogP contribution in [0, 0.1) is 0 Å². The lowest BCUT2D eigenvalue weighted by molar-refractivity contribution is 0.640. The van der Waals surface area contributed by atoms with Crippen LogP contribution in [-0.4, -0.2) is 10.3 Å². The van der Waals surface area contributed by atoms with Gasteiger partial charge in [-0.25, -0.2) is 0 Å². The van der Waals surface area contributed by atoms with Gasteiger partial charge in [0.2, 0.25) is 0 Å². The smallest absolute Gasteiger partial charge is 0.146 e. The Morgan fingerprint density at radius 3 is 2.22 bits per heavy atom. The zero-order valence-corrected chi connectivity index (χ0v) is 18.0. The first-order valence-corrected chi connectivity index (χ1v) is 11.0. The van der Waals surface area contributed by atoms with Gasteiger partial charge in [0.05, 0.1) is 16.7 Å². The number of benzene rings is 4. The van der Waals surface area contributed by atoms with Gasteiger partial charge in [0.1, 0.15) is 11.3 Å². The first-order valence-electron chi connectivity index (χ1n) is 10.6. The summed E-state index contributed by atoms with van der Waals surface area (Å²) in [5.74, 6) is 0. The van der Waals surface area contributed by atoms with E-state index in [1.54, 1.807) is 0 Å². The van der Waals surface area contributed by atoms with Crippen molar-refractivity contribution in [3.63, 3.8) is 0 Å². The van der Waals surface area contributed by atoms with Gasteiger partial charge in [0.15, 0.2) is 0 Å². The van der Waals surface area contributed by atoms with Gasteiger partial charge in [-0.05, 0) is 29.8 Å². The van der Waals surface area contributed by atoms with Gasteiger partial charge in [-0.1, -0.05) is 96.5 Å². The van der Waals surface area contributed by atoms with Crippen LogP contribution in [0.4, 0.5) is 0 Å². The van der Waals surface area contributed by atoms with Crippen LogP contribution in [0.25, 0.3) is 27.5 Å². The zero-order chi connectivity index (χ0) is 21.5. The van der Waals surface area contributed by atoms with Gasteiger partial charge >= 0.3 is 0 Å². The Morgan fingerprint density at radius 2 is 1.41 bits per heavy atom. The summed E-state index contributed by atoms with van der Waals surface area (Å²) in [4.78, 5) is 5.06. The third kappa shape index (κ3) is 3.10. The molecule has 1 N–H and O–H groups in total. The standard InChI is InChI=1S/C28H20ClN3/c29-26-18-24(30-28(31-26)19-10-3-1-4-11-19)23-16-9-15-22-21-14-7-8-17-25(21)32(27(22)23)20-12-5-2-6-13-20/h1-18,28,31H. The Kier molecular flexibility index (Phi) is 4.55. The predicted octanol–water partition coefficient (Wildman–Crippen LogP) is 6.96. The molecule has 0 saturated heterocycles. The van der Waals surface area contributed by atoms with Gasteiger partial charge in [-0.3, -0.25) is 4.99 Å². The molecule has 1 aliphatic rings. The number of nitrogens with zero attached hydrogens (tertiary/aromatic N) is 2. The van der Waals surface area contributed by atoms with Crippen LogP contribution >= 0.6 is 11.6 Å². The number of aromatic nitrogens is 1. The lowest BCUT2D eigenvalue weighted by Crippen LogP contribution is -2.23. The number of rotatable bonds is 3. The maximum absolute atomic E-state index is 6.55. The molecular weight excluding hydrogens is 414 g/mol. The maximum Gasteiger partial charge on any atom is 0.146 e. The fourth-order valence-corrected chi connectivity index (χ4v) is 4.72. The van der Waals surface area contributed by atoms with Gasteiger partial charge in [-0.2, -0.15) is 0 Å². The van der Waals surface area contributed by atoms with E-state index in [2.05, 4.69) is 88.7 Å². The van der Waals surface area contributed by atoms with Crippen molar-refractivity contribution in [3.05, 3.63) is 125 Å². The van der Waals surface area contributed by atoms with Crippen LogP contribution in [-0.2, 0) is 0 Å². The van der Waals surface area contributed by atoms with Gasteiger partial charge in [-0.15, -0.1) is 0 Å². The molecular formula is C28H20ClN3. The van der Waals surface area contributed by atoms with Crippen molar-refractivity contribution in [3.8, 4) is 5.69 Å². The van der Waals surface area contributed by atoms with E-state index in [1.807, 2.05) is 30.3 Å². The number of nitrogens with one attached hydrogen (secondary N) is 1. The molecule has 1 unspecified atom stereocenters.